The van der Waals surface area contributed by atoms with Crippen molar-refractivity contribution < 1.29 is 14.7 Å². The summed E-state index contributed by atoms with van der Waals surface area (Å²) in [4.78, 5) is 22.6. The van der Waals surface area contributed by atoms with Crippen LogP contribution in [0.3, 0.4) is 0 Å². The second kappa shape index (κ2) is 6.66. The maximum absolute atomic E-state index is 11.8. The highest BCUT2D eigenvalue weighted by Gasteiger charge is 2.25. The number of aromatic nitrogens is 2. The van der Waals surface area contributed by atoms with Gasteiger partial charge in [0.2, 0.25) is 5.13 Å². The highest BCUT2D eigenvalue weighted by atomic mass is 32.1. The second-order valence-electron chi connectivity index (χ2n) is 5.37. The number of carboxylic acid groups (broad SMARTS) is 1. The summed E-state index contributed by atoms with van der Waals surface area (Å²) in [6.45, 7) is 4.18. The zero-order valence-electron chi connectivity index (χ0n) is 11.9. The molecule has 0 aliphatic heterocycles. The lowest BCUT2D eigenvalue weighted by Gasteiger charge is -2.11. The van der Waals surface area contributed by atoms with Crippen molar-refractivity contribution in [1.29, 1.82) is 0 Å². The smallest absolute Gasteiger partial charge is 0.321 e. The third-order valence-electron chi connectivity index (χ3n) is 2.99. The van der Waals surface area contributed by atoms with E-state index in [1.54, 1.807) is 12.2 Å². The summed E-state index contributed by atoms with van der Waals surface area (Å²) in [5, 5.41) is 23.4. The molecule has 3 N–H and O–H groups in total. The molecule has 7 nitrogen and oxygen atoms in total. The van der Waals surface area contributed by atoms with E-state index in [2.05, 4.69) is 34.7 Å². The van der Waals surface area contributed by atoms with Crippen LogP contribution in [0, 0.1) is 11.8 Å². The van der Waals surface area contributed by atoms with Gasteiger partial charge in [0.1, 0.15) is 5.01 Å². The van der Waals surface area contributed by atoms with Crippen molar-refractivity contribution in [2.45, 2.75) is 32.7 Å². The highest BCUT2D eigenvalue weighted by Crippen LogP contribution is 2.20. The predicted octanol–water partition coefficient (Wildman–Crippen LogP) is 1.89. The fourth-order valence-electron chi connectivity index (χ4n) is 2.03. The van der Waals surface area contributed by atoms with Crippen LogP contribution in [0.4, 0.5) is 9.93 Å². The van der Waals surface area contributed by atoms with Crippen LogP contribution >= 0.6 is 11.3 Å². The van der Waals surface area contributed by atoms with Gasteiger partial charge >= 0.3 is 12.0 Å². The molecule has 0 bridgehead atoms. The number of carbonyl (C=O) groups excluding carboxylic acids is 1. The molecule has 0 fully saturated rings. The van der Waals surface area contributed by atoms with Crippen LogP contribution in [0.2, 0.25) is 0 Å². The lowest BCUT2D eigenvalue weighted by molar-refractivity contribution is -0.140. The quantitative estimate of drug-likeness (QED) is 0.720. The molecule has 1 aromatic rings. The Morgan fingerprint density at radius 1 is 1.43 bits per heavy atom. The van der Waals surface area contributed by atoms with E-state index in [9.17, 15) is 9.59 Å². The molecule has 2 rings (SSSR count). The summed E-state index contributed by atoms with van der Waals surface area (Å²) < 4.78 is 0. The summed E-state index contributed by atoms with van der Waals surface area (Å²) >= 11 is 1.35. The fourth-order valence-corrected chi connectivity index (χ4v) is 2.97. The molecule has 21 heavy (non-hydrogen) atoms. The van der Waals surface area contributed by atoms with E-state index >= 15 is 0 Å². The Hall–Kier alpha value is -1.96. The SMILES string of the molecule is CC(C)Cc1nnc(NC(=O)NC2C=CC(C(=O)O)C2)s1. The van der Waals surface area contributed by atoms with Crippen molar-refractivity contribution in [3.05, 3.63) is 17.2 Å². The average Bonchev–Trinajstić information content (AvgIpc) is 2.98. The molecule has 2 unspecified atom stereocenters. The summed E-state index contributed by atoms with van der Waals surface area (Å²) in [7, 11) is 0. The Labute approximate surface area is 126 Å². The van der Waals surface area contributed by atoms with Gasteiger partial charge in [0.25, 0.3) is 0 Å². The van der Waals surface area contributed by atoms with Crippen molar-refractivity contribution in [3.63, 3.8) is 0 Å². The standard InChI is InChI=1S/C13H18N4O3S/c1-7(2)5-10-16-17-13(21-10)15-12(20)14-9-4-3-8(6-9)11(18)19/h3-4,7-9H,5-6H2,1-2H3,(H,18,19)(H2,14,15,17,20). The van der Waals surface area contributed by atoms with Gasteiger partial charge in [0.15, 0.2) is 0 Å². The average molecular weight is 310 g/mol. The van der Waals surface area contributed by atoms with Gasteiger partial charge in [0, 0.05) is 6.42 Å². The van der Waals surface area contributed by atoms with E-state index in [-0.39, 0.29) is 6.04 Å². The van der Waals surface area contributed by atoms with Crippen LogP contribution in [-0.2, 0) is 11.2 Å². The number of hydrogen-bond acceptors (Lipinski definition) is 5. The minimum atomic E-state index is -0.876. The Balaban J connectivity index is 1.81. The molecule has 0 aromatic carbocycles. The molecule has 1 aliphatic rings. The van der Waals surface area contributed by atoms with Crippen LogP contribution < -0.4 is 10.6 Å². The molecule has 0 spiro atoms. The zero-order valence-corrected chi connectivity index (χ0v) is 12.7. The lowest BCUT2D eigenvalue weighted by atomic mass is 10.1. The van der Waals surface area contributed by atoms with Crippen LogP contribution in [-0.4, -0.2) is 33.3 Å². The third-order valence-corrected chi connectivity index (χ3v) is 3.85. The van der Waals surface area contributed by atoms with E-state index in [0.29, 0.717) is 17.5 Å². The van der Waals surface area contributed by atoms with Gasteiger partial charge in [-0.1, -0.05) is 37.3 Å². The van der Waals surface area contributed by atoms with Crippen molar-refractivity contribution >= 4 is 28.5 Å². The number of rotatable bonds is 5. The molecular weight excluding hydrogens is 292 g/mol. The van der Waals surface area contributed by atoms with Crippen LogP contribution in [0.1, 0.15) is 25.3 Å². The Morgan fingerprint density at radius 3 is 2.81 bits per heavy atom. The van der Waals surface area contributed by atoms with Crippen LogP contribution in [0.15, 0.2) is 12.2 Å². The summed E-state index contributed by atoms with van der Waals surface area (Å²) in [5.41, 5.74) is 0. The monoisotopic (exact) mass is 310 g/mol. The maximum atomic E-state index is 11.8. The van der Waals surface area contributed by atoms with Gasteiger partial charge in [-0.05, 0) is 12.3 Å². The van der Waals surface area contributed by atoms with Crippen molar-refractivity contribution in [1.82, 2.24) is 15.5 Å². The first kappa shape index (κ1) is 15.4. The normalized spacial score (nSPS) is 20.7. The van der Waals surface area contributed by atoms with Gasteiger partial charge in [-0.3, -0.25) is 10.1 Å². The van der Waals surface area contributed by atoms with Gasteiger partial charge in [-0.15, -0.1) is 10.2 Å². The first-order valence-electron chi connectivity index (χ1n) is 6.75. The Kier molecular flexibility index (Phi) is 4.89. The first-order valence-corrected chi connectivity index (χ1v) is 7.56. The van der Waals surface area contributed by atoms with E-state index in [0.717, 1.165) is 11.4 Å². The number of anilines is 1. The number of carboxylic acids is 1. The number of nitrogens with zero attached hydrogens (tertiary/aromatic N) is 2. The van der Waals surface area contributed by atoms with E-state index in [1.165, 1.54) is 11.3 Å². The topological polar surface area (TPSA) is 104 Å². The van der Waals surface area contributed by atoms with Gasteiger partial charge in [0.05, 0.1) is 12.0 Å². The zero-order chi connectivity index (χ0) is 15.4. The molecule has 0 saturated heterocycles. The molecule has 8 heteroatoms. The number of nitrogens with one attached hydrogen (secondary N) is 2. The Morgan fingerprint density at radius 2 is 2.19 bits per heavy atom. The summed E-state index contributed by atoms with van der Waals surface area (Å²) in [5.74, 6) is -0.927. The number of hydrogen-bond donors (Lipinski definition) is 3. The maximum Gasteiger partial charge on any atom is 0.321 e. The fraction of sp³-hybridized carbons (Fsp3) is 0.538. The predicted molar refractivity (Wildman–Crippen MR) is 79.3 cm³/mol. The molecule has 2 atom stereocenters. The molecule has 1 aliphatic carbocycles. The molecule has 1 heterocycles. The van der Waals surface area contributed by atoms with Crippen LogP contribution in [0.5, 0.6) is 0 Å². The molecule has 2 amide bonds. The van der Waals surface area contributed by atoms with Crippen molar-refractivity contribution in [2.75, 3.05) is 5.32 Å². The highest BCUT2D eigenvalue weighted by molar-refractivity contribution is 7.15. The van der Waals surface area contributed by atoms with Gasteiger partial charge < -0.3 is 10.4 Å². The minimum Gasteiger partial charge on any atom is -0.481 e. The van der Waals surface area contributed by atoms with Crippen molar-refractivity contribution in [3.8, 4) is 0 Å². The molecule has 0 radical (unpaired) electrons. The minimum absolute atomic E-state index is 0.269. The van der Waals surface area contributed by atoms with E-state index < -0.39 is 17.9 Å². The first-order chi connectivity index (χ1) is 9.94. The molecule has 114 valence electrons. The number of amides is 2. The van der Waals surface area contributed by atoms with E-state index in [1.807, 2.05) is 0 Å². The molecular formula is C13H18N4O3S. The van der Waals surface area contributed by atoms with Gasteiger partial charge in [-0.2, -0.15) is 0 Å². The summed E-state index contributed by atoms with van der Waals surface area (Å²) in [6, 6.07) is -0.669. The second-order valence-corrected chi connectivity index (χ2v) is 6.43. The largest absolute Gasteiger partial charge is 0.481 e. The molecule has 0 saturated carbocycles. The lowest BCUT2D eigenvalue weighted by Crippen LogP contribution is -2.36. The van der Waals surface area contributed by atoms with Crippen molar-refractivity contribution in [2.24, 2.45) is 11.8 Å². The Bertz CT molecular complexity index is 555. The number of carbonyl (C=O) groups is 2. The summed E-state index contributed by atoms with van der Waals surface area (Å²) in [6.07, 6.45) is 4.49. The van der Waals surface area contributed by atoms with Gasteiger partial charge in [-0.25, -0.2) is 4.79 Å². The number of aliphatic carboxylic acids is 1. The van der Waals surface area contributed by atoms with E-state index in [4.69, 9.17) is 5.11 Å². The van der Waals surface area contributed by atoms with Crippen LogP contribution in [0.25, 0.3) is 0 Å². The number of urea groups is 1. The third kappa shape index (κ3) is 4.52. The molecule has 1 aromatic heterocycles.